The molecule has 0 saturated heterocycles. The first-order valence-electron chi connectivity index (χ1n) is 7.78. The van der Waals surface area contributed by atoms with Crippen LogP contribution in [0.3, 0.4) is 0 Å². The van der Waals surface area contributed by atoms with Crippen molar-refractivity contribution in [3.63, 3.8) is 0 Å². The van der Waals surface area contributed by atoms with Crippen LogP contribution in [0, 0.1) is 18.6 Å². The highest BCUT2D eigenvalue weighted by Crippen LogP contribution is 2.19. The van der Waals surface area contributed by atoms with Crippen LogP contribution in [0.5, 0.6) is 0 Å². The second-order valence-corrected chi connectivity index (χ2v) is 5.41. The van der Waals surface area contributed by atoms with Crippen LogP contribution < -0.4 is 10.6 Å². The predicted molar refractivity (Wildman–Crippen MR) is 92.6 cm³/mol. The van der Waals surface area contributed by atoms with E-state index in [1.54, 1.807) is 13.1 Å². The van der Waals surface area contributed by atoms with Gasteiger partial charge in [-0.1, -0.05) is 12.1 Å². The highest BCUT2D eigenvalue weighted by molar-refractivity contribution is 6.03. The van der Waals surface area contributed by atoms with Crippen molar-refractivity contribution in [1.29, 1.82) is 0 Å². The summed E-state index contributed by atoms with van der Waals surface area (Å²) in [6.45, 7) is 2.02. The van der Waals surface area contributed by atoms with Crippen LogP contribution >= 0.6 is 0 Å². The number of halogens is 2. The minimum absolute atomic E-state index is 0.0105. The highest BCUT2D eigenvalue weighted by atomic mass is 19.1. The molecule has 0 radical (unpaired) electrons. The number of hydrogen-bond acceptors (Lipinski definition) is 5. The fourth-order valence-corrected chi connectivity index (χ4v) is 2.25. The van der Waals surface area contributed by atoms with Gasteiger partial charge in [0.05, 0.1) is 12.2 Å². The Morgan fingerprint density at radius 1 is 1.08 bits per heavy atom. The van der Waals surface area contributed by atoms with Crippen molar-refractivity contribution in [2.75, 3.05) is 10.6 Å². The van der Waals surface area contributed by atoms with Crippen LogP contribution in [-0.2, 0) is 6.54 Å². The van der Waals surface area contributed by atoms with Crippen molar-refractivity contribution in [2.45, 2.75) is 13.5 Å². The van der Waals surface area contributed by atoms with Crippen molar-refractivity contribution in [1.82, 2.24) is 15.0 Å². The number of amides is 1. The number of aryl methyl sites for hydroxylation is 1. The van der Waals surface area contributed by atoms with Gasteiger partial charge < -0.3 is 10.6 Å². The zero-order valence-corrected chi connectivity index (χ0v) is 13.8. The number of hydrogen-bond donors (Lipinski definition) is 2. The predicted octanol–water partition coefficient (Wildman–Crippen LogP) is 3.32. The summed E-state index contributed by atoms with van der Waals surface area (Å²) in [7, 11) is 0. The third-order valence-corrected chi connectivity index (χ3v) is 3.45. The topological polar surface area (TPSA) is 79.8 Å². The molecule has 3 rings (SSSR count). The zero-order chi connectivity index (χ0) is 18.5. The number of carbonyl (C=O) groups is 1. The monoisotopic (exact) mass is 355 g/mol. The van der Waals surface area contributed by atoms with Gasteiger partial charge in [-0.2, -0.15) is 0 Å². The van der Waals surface area contributed by atoms with Gasteiger partial charge in [-0.05, 0) is 31.2 Å². The Labute approximate surface area is 148 Å². The molecule has 3 aromatic rings. The lowest BCUT2D eigenvalue weighted by atomic mass is 10.2. The van der Waals surface area contributed by atoms with E-state index in [0.29, 0.717) is 18.2 Å². The average molecular weight is 355 g/mol. The molecule has 0 bridgehead atoms. The van der Waals surface area contributed by atoms with Crippen molar-refractivity contribution >= 4 is 17.4 Å². The molecule has 0 aliphatic heterocycles. The maximum absolute atomic E-state index is 13.7. The number of aromatic nitrogens is 3. The molecule has 6 nitrogen and oxygen atoms in total. The van der Waals surface area contributed by atoms with Crippen molar-refractivity contribution in [3.05, 3.63) is 77.5 Å². The summed E-state index contributed by atoms with van der Waals surface area (Å²) in [6.07, 6.45) is 1.67. The lowest BCUT2D eigenvalue weighted by molar-refractivity contribution is 0.102. The van der Waals surface area contributed by atoms with Crippen LogP contribution in [0.25, 0.3) is 0 Å². The first-order valence-corrected chi connectivity index (χ1v) is 7.78. The summed E-state index contributed by atoms with van der Waals surface area (Å²) in [5, 5.41) is 5.25. The standard InChI is InChI=1S/C18H15F2N5O/c1-11-23-15(18(26)25-17-13(19)6-4-7-14(17)20)9-16(24-11)22-10-12-5-2-3-8-21-12/h2-9H,10H2,1H3,(H,25,26)(H,22,23,24). The van der Waals surface area contributed by atoms with E-state index >= 15 is 0 Å². The zero-order valence-electron chi connectivity index (χ0n) is 13.8. The quantitative estimate of drug-likeness (QED) is 0.734. The van der Waals surface area contributed by atoms with Gasteiger partial charge in [-0.3, -0.25) is 9.78 Å². The molecule has 1 aromatic carbocycles. The van der Waals surface area contributed by atoms with E-state index in [2.05, 4.69) is 25.6 Å². The van der Waals surface area contributed by atoms with Gasteiger partial charge in [-0.25, -0.2) is 18.7 Å². The average Bonchev–Trinajstić information content (AvgIpc) is 2.63. The second-order valence-electron chi connectivity index (χ2n) is 5.41. The minimum Gasteiger partial charge on any atom is -0.364 e. The Kier molecular flexibility index (Phi) is 5.12. The fourth-order valence-electron chi connectivity index (χ4n) is 2.25. The molecular formula is C18H15F2N5O. The smallest absolute Gasteiger partial charge is 0.274 e. The number of para-hydroxylation sites is 1. The van der Waals surface area contributed by atoms with E-state index in [0.717, 1.165) is 17.8 Å². The van der Waals surface area contributed by atoms with Gasteiger partial charge in [-0.15, -0.1) is 0 Å². The lowest BCUT2D eigenvalue weighted by Gasteiger charge is -2.10. The number of benzene rings is 1. The number of carbonyl (C=O) groups excluding carboxylic acids is 1. The van der Waals surface area contributed by atoms with Gasteiger partial charge in [0.1, 0.15) is 34.7 Å². The first kappa shape index (κ1) is 17.4. The summed E-state index contributed by atoms with van der Waals surface area (Å²) in [6, 6.07) is 10.3. The Morgan fingerprint density at radius 3 is 2.54 bits per heavy atom. The SMILES string of the molecule is Cc1nc(NCc2ccccn2)cc(C(=O)Nc2c(F)cccc2F)n1. The maximum Gasteiger partial charge on any atom is 0.274 e. The second kappa shape index (κ2) is 7.64. The van der Waals surface area contributed by atoms with Crippen LogP contribution in [0.1, 0.15) is 22.0 Å². The summed E-state index contributed by atoms with van der Waals surface area (Å²) in [5.41, 5.74) is 0.267. The van der Waals surface area contributed by atoms with Gasteiger partial charge >= 0.3 is 0 Å². The van der Waals surface area contributed by atoms with Crippen LogP contribution in [0.4, 0.5) is 20.3 Å². The Balaban J connectivity index is 1.77. The Hall–Kier alpha value is -3.42. The summed E-state index contributed by atoms with van der Waals surface area (Å²) < 4.78 is 27.4. The molecular weight excluding hydrogens is 340 g/mol. The minimum atomic E-state index is -0.863. The molecule has 2 heterocycles. The molecule has 0 saturated carbocycles. The van der Waals surface area contributed by atoms with Crippen LogP contribution in [-0.4, -0.2) is 20.9 Å². The van der Waals surface area contributed by atoms with Gasteiger partial charge in [0.2, 0.25) is 0 Å². The molecule has 0 aliphatic carbocycles. The number of anilines is 2. The van der Waals surface area contributed by atoms with E-state index in [1.165, 1.54) is 12.1 Å². The number of nitrogens with zero attached hydrogens (tertiary/aromatic N) is 3. The highest BCUT2D eigenvalue weighted by Gasteiger charge is 2.16. The number of nitrogens with one attached hydrogen (secondary N) is 2. The molecule has 8 heteroatoms. The Morgan fingerprint density at radius 2 is 1.85 bits per heavy atom. The van der Waals surface area contributed by atoms with Gasteiger partial charge in [0.15, 0.2) is 0 Å². The summed E-state index contributed by atoms with van der Waals surface area (Å²) in [5.74, 6) is -1.71. The third-order valence-electron chi connectivity index (χ3n) is 3.45. The van der Waals surface area contributed by atoms with E-state index in [-0.39, 0.29) is 5.69 Å². The van der Waals surface area contributed by atoms with E-state index in [1.807, 2.05) is 18.2 Å². The molecule has 2 N–H and O–H groups in total. The normalized spacial score (nSPS) is 10.4. The van der Waals surface area contributed by atoms with Crippen LogP contribution in [0.2, 0.25) is 0 Å². The number of rotatable bonds is 5. The van der Waals surface area contributed by atoms with Crippen molar-refractivity contribution in [2.24, 2.45) is 0 Å². The molecule has 1 amide bonds. The molecule has 0 spiro atoms. The third kappa shape index (κ3) is 4.15. The molecule has 26 heavy (non-hydrogen) atoms. The van der Waals surface area contributed by atoms with Gasteiger partial charge in [0.25, 0.3) is 5.91 Å². The molecule has 0 unspecified atom stereocenters. The Bertz CT molecular complexity index is 914. The summed E-state index contributed by atoms with van der Waals surface area (Å²) in [4.78, 5) is 24.7. The van der Waals surface area contributed by atoms with Crippen LogP contribution in [0.15, 0.2) is 48.7 Å². The van der Waals surface area contributed by atoms with E-state index < -0.39 is 23.2 Å². The number of pyridine rings is 1. The fraction of sp³-hybridized carbons (Fsp3) is 0.111. The van der Waals surface area contributed by atoms with E-state index in [4.69, 9.17) is 0 Å². The molecule has 2 aromatic heterocycles. The van der Waals surface area contributed by atoms with Crippen molar-refractivity contribution in [3.8, 4) is 0 Å². The van der Waals surface area contributed by atoms with Crippen molar-refractivity contribution < 1.29 is 13.6 Å². The molecule has 132 valence electrons. The molecule has 0 atom stereocenters. The van der Waals surface area contributed by atoms with E-state index in [9.17, 15) is 13.6 Å². The molecule has 0 fully saturated rings. The first-order chi connectivity index (χ1) is 12.5. The largest absolute Gasteiger partial charge is 0.364 e. The maximum atomic E-state index is 13.7. The van der Waals surface area contributed by atoms with Gasteiger partial charge in [0, 0.05) is 12.3 Å². The summed E-state index contributed by atoms with van der Waals surface area (Å²) >= 11 is 0. The lowest BCUT2D eigenvalue weighted by Crippen LogP contribution is -2.17. The molecule has 0 aliphatic rings.